The van der Waals surface area contributed by atoms with Gasteiger partial charge in [-0.3, -0.25) is 14.5 Å². The molecule has 1 aromatic heterocycles. The molecule has 0 aliphatic carbocycles. The van der Waals surface area contributed by atoms with Crippen LogP contribution in [0.5, 0.6) is 0 Å². The highest BCUT2D eigenvalue weighted by atomic mass is 35.5. The van der Waals surface area contributed by atoms with Crippen LogP contribution in [-0.4, -0.2) is 80.3 Å². The van der Waals surface area contributed by atoms with Gasteiger partial charge in [0.15, 0.2) is 0 Å². The van der Waals surface area contributed by atoms with Crippen molar-refractivity contribution < 1.29 is 19.2 Å². The van der Waals surface area contributed by atoms with E-state index >= 15 is 0 Å². The van der Waals surface area contributed by atoms with Gasteiger partial charge in [-0.1, -0.05) is 17.7 Å². The van der Waals surface area contributed by atoms with Crippen molar-refractivity contribution in [3.63, 3.8) is 0 Å². The molecule has 4 aliphatic heterocycles. The second-order valence-corrected chi connectivity index (χ2v) is 10.1. The van der Waals surface area contributed by atoms with E-state index in [1.165, 1.54) is 5.56 Å². The number of carbonyl (C=O) groups is 3. The SMILES string of the molecule is O=C(ON1C(=O)CCC1=O)N1CC2CN(Cc3ccc(Cl)cc3N3CCn4ncnc4C3)CC2C1. The first-order valence-electron chi connectivity index (χ1n) is 11.9. The van der Waals surface area contributed by atoms with Crippen LogP contribution >= 0.6 is 11.6 Å². The summed E-state index contributed by atoms with van der Waals surface area (Å²) in [6.07, 6.45) is 1.17. The van der Waals surface area contributed by atoms with E-state index in [1.807, 2.05) is 16.8 Å². The first-order chi connectivity index (χ1) is 16.9. The maximum atomic E-state index is 12.5. The molecular weight excluding hydrogens is 474 g/mol. The Morgan fingerprint density at radius 2 is 1.80 bits per heavy atom. The van der Waals surface area contributed by atoms with Crippen molar-refractivity contribution in [2.24, 2.45) is 11.8 Å². The number of amides is 3. The smallest absolute Gasteiger partial charge is 0.362 e. The molecular formula is C23H26ClN7O4. The van der Waals surface area contributed by atoms with Crippen LogP contribution in [0.25, 0.3) is 0 Å². The summed E-state index contributed by atoms with van der Waals surface area (Å²) in [5.74, 6) is 0.694. The summed E-state index contributed by atoms with van der Waals surface area (Å²) in [5.41, 5.74) is 2.33. The summed E-state index contributed by atoms with van der Waals surface area (Å²) in [5, 5.41) is 5.59. The third kappa shape index (κ3) is 4.23. The Morgan fingerprint density at radius 1 is 1.06 bits per heavy atom. The number of nitrogens with zero attached hydrogens (tertiary/aromatic N) is 7. The summed E-state index contributed by atoms with van der Waals surface area (Å²) >= 11 is 6.37. The van der Waals surface area contributed by atoms with Gasteiger partial charge in [-0.25, -0.2) is 14.5 Å². The third-order valence-corrected chi connectivity index (χ3v) is 7.62. The van der Waals surface area contributed by atoms with Gasteiger partial charge >= 0.3 is 6.09 Å². The number of fused-ring (bicyclic) bond motifs is 2. The zero-order chi connectivity index (χ0) is 24.1. The maximum absolute atomic E-state index is 12.5. The monoisotopic (exact) mass is 499 g/mol. The number of rotatable bonds is 4. The molecule has 35 heavy (non-hydrogen) atoms. The van der Waals surface area contributed by atoms with Crippen LogP contribution in [0, 0.1) is 11.8 Å². The number of imide groups is 1. The molecule has 3 amide bonds. The molecule has 2 atom stereocenters. The van der Waals surface area contributed by atoms with Crippen molar-refractivity contribution in [1.29, 1.82) is 0 Å². The molecule has 0 bridgehead atoms. The van der Waals surface area contributed by atoms with Crippen molar-refractivity contribution in [3.8, 4) is 0 Å². The van der Waals surface area contributed by atoms with E-state index in [9.17, 15) is 14.4 Å². The molecule has 1 aromatic carbocycles. The predicted molar refractivity (Wildman–Crippen MR) is 124 cm³/mol. The number of carbonyl (C=O) groups excluding carboxylic acids is 3. The molecule has 0 N–H and O–H groups in total. The zero-order valence-corrected chi connectivity index (χ0v) is 19.9. The van der Waals surface area contributed by atoms with Gasteiger partial charge in [0.25, 0.3) is 11.8 Å². The summed E-state index contributed by atoms with van der Waals surface area (Å²) < 4.78 is 1.94. The highest BCUT2D eigenvalue weighted by Crippen LogP contribution is 2.35. The minimum absolute atomic E-state index is 0.0938. The van der Waals surface area contributed by atoms with Crippen LogP contribution in [0.2, 0.25) is 5.02 Å². The summed E-state index contributed by atoms with van der Waals surface area (Å²) in [7, 11) is 0. The minimum Gasteiger partial charge on any atom is -0.362 e. The van der Waals surface area contributed by atoms with Crippen molar-refractivity contribution in [2.75, 3.05) is 37.6 Å². The molecule has 0 saturated carbocycles. The highest BCUT2D eigenvalue weighted by molar-refractivity contribution is 6.30. The number of hydrogen-bond donors (Lipinski definition) is 0. The summed E-state index contributed by atoms with van der Waals surface area (Å²) in [6, 6.07) is 6.06. The van der Waals surface area contributed by atoms with Crippen LogP contribution in [0.3, 0.4) is 0 Å². The van der Waals surface area contributed by atoms with Crippen molar-refractivity contribution in [1.82, 2.24) is 29.6 Å². The normalized spacial score (nSPS) is 24.3. The Morgan fingerprint density at radius 3 is 2.54 bits per heavy atom. The Labute approximate surface area is 207 Å². The lowest BCUT2D eigenvalue weighted by atomic mass is 10.0. The second-order valence-electron chi connectivity index (χ2n) is 9.65. The van der Waals surface area contributed by atoms with E-state index in [-0.39, 0.29) is 12.8 Å². The molecule has 2 aromatic rings. The average molecular weight is 500 g/mol. The Balaban J connectivity index is 1.08. The largest absolute Gasteiger partial charge is 0.434 e. The lowest BCUT2D eigenvalue weighted by molar-refractivity contribution is -0.173. The lowest BCUT2D eigenvalue weighted by Gasteiger charge is -2.31. The van der Waals surface area contributed by atoms with Crippen molar-refractivity contribution >= 4 is 35.2 Å². The van der Waals surface area contributed by atoms with Gasteiger partial charge in [-0.2, -0.15) is 5.10 Å². The first-order valence-corrected chi connectivity index (χ1v) is 12.3. The van der Waals surface area contributed by atoms with E-state index in [1.54, 1.807) is 11.2 Å². The Bertz CT molecular complexity index is 1160. The van der Waals surface area contributed by atoms with Gasteiger partial charge in [0.05, 0.1) is 13.1 Å². The van der Waals surface area contributed by atoms with Crippen LogP contribution < -0.4 is 4.90 Å². The molecule has 6 rings (SSSR count). The van der Waals surface area contributed by atoms with Crippen molar-refractivity contribution in [2.45, 2.75) is 32.5 Å². The van der Waals surface area contributed by atoms with Crippen LogP contribution in [0.4, 0.5) is 10.5 Å². The summed E-state index contributed by atoms with van der Waals surface area (Å²) in [6.45, 7) is 5.97. The Hall–Kier alpha value is -3.18. The third-order valence-electron chi connectivity index (χ3n) is 7.39. The second kappa shape index (κ2) is 8.80. The fourth-order valence-corrected chi connectivity index (χ4v) is 5.80. The van der Waals surface area contributed by atoms with Gasteiger partial charge in [0, 0.05) is 62.8 Å². The van der Waals surface area contributed by atoms with Gasteiger partial charge < -0.3 is 14.6 Å². The molecule has 4 aliphatic rings. The molecule has 0 spiro atoms. The average Bonchev–Trinajstić information content (AvgIpc) is 3.60. The van der Waals surface area contributed by atoms with Crippen LogP contribution in [0.1, 0.15) is 24.2 Å². The number of halogens is 1. The first kappa shape index (κ1) is 22.3. The molecule has 5 heterocycles. The van der Waals surface area contributed by atoms with E-state index in [0.717, 1.165) is 44.2 Å². The molecule has 184 valence electrons. The fraction of sp³-hybridized carbons (Fsp3) is 0.522. The highest BCUT2D eigenvalue weighted by Gasteiger charge is 2.43. The van der Waals surface area contributed by atoms with Crippen molar-refractivity contribution in [3.05, 3.63) is 40.9 Å². The van der Waals surface area contributed by atoms with E-state index < -0.39 is 17.9 Å². The van der Waals surface area contributed by atoms with Crippen LogP contribution in [0.15, 0.2) is 24.5 Å². The quantitative estimate of drug-likeness (QED) is 0.583. The van der Waals surface area contributed by atoms with E-state index in [2.05, 4.69) is 25.9 Å². The molecule has 0 radical (unpaired) electrons. The summed E-state index contributed by atoms with van der Waals surface area (Å²) in [4.78, 5) is 51.8. The number of hydroxylamine groups is 2. The van der Waals surface area contributed by atoms with Gasteiger partial charge in [-0.15, -0.1) is 5.06 Å². The fourth-order valence-electron chi connectivity index (χ4n) is 5.64. The van der Waals surface area contributed by atoms with Gasteiger partial charge in [0.1, 0.15) is 12.2 Å². The number of benzene rings is 1. The minimum atomic E-state index is -0.618. The van der Waals surface area contributed by atoms with E-state index in [4.69, 9.17) is 16.4 Å². The molecule has 2 unspecified atom stereocenters. The topological polar surface area (TPSA) is 104 Å². The molecule has 3 saturated heterocycles. The molecule has 11 nitrogen and oxygen atoms in total. The number of hydrogen-bond acceptors (Lipinski definition) is 8. The number of aromatic nitrogens is 3. The van der Waals surface area contributed by atoms with E-state index in [0.29, 0.717) is 41.6 Å². The molecule has 12 heteroatoms. The van der Waals surface area contributed by atoms with Gasteiger partial charge in [-0.05, 0) is 29.5 Å². The standard InChI is InChI=1S/C23H26ClN7O4/c24-18-2-1-15(19(7-18)28-5-6-30-20(13-28)25-14-26-30)8-27-9-16-11-29(12-17(16)10-27)23(34)35-31-21(32)3-4-22(31)33/h1-2,7,14,16-17H,3-6,8-13H2. The Kier molecular flexibility index (Phi) is 5.60. The molecule has 3 fully saturated rings. The van der Waals surface area contributed by atoms with Gasteiger partial charge in [0.2, 0.25) is 0 Å². The number of anilines is 1. The van der Waals surface area contributed by atoms with Crippen LogP contribution in [-0.2, 0) is 34.1 Å². The lowest BCUT2D eigenvalue weighted by Crippen LogP contribution is -2.40. The predicted octanol–water partition coefficient (Wildman–Crippen LogP) is 1.52. The zero-order valence-electron chi connectivity index (χ0n) is 19.2. The number of likely N-dealkylation sites (tertiary alicyclic amines) is 2. The maximum Gasteiger partial charge on any atom is 0.434 e.